The fourth-order valence-corrected chi connectivity index (χ4v) is 2.93. The van der Waals surface area contributed by atoms with Crippen molar-refractivity contribution in [3.05, 3.63) is 42.5 Å². The number of aliphatic hydroxyl groups excluding tert-OH is 1. The van der Waals surface area contributed by atoms with Gasteiger partial charge in [0.05, 0.1) is 16.2 Å². The predicted octanol–water partition coefficient (Wildman–Crippen LogP) is 1.79. The van der Waals surface area contributed by atoms with Crippen LogP contribution in [0, 0.1) is 0 Å². The third-order valence-corrected chi connectivity index (χ3v) is 4.68. The largest absolute Gasteiger partial charge is 0.387 e. The molecule has 1 N–H and O–H groups in total. The smallest absolute Gasteiger partial charge is 0.183 e. The number of rotatable bonds is 4. The van der Waals surface area contributed by atoms with Crippen molar-refractivity contribution in [2.24, 2.45) is 0 Å². The summed E-state index contributed by atoms with van der Waals surface area (Å²) in [4.78, 5) is 0.225. The molecule has 2 unspecified atom stereocenters. The number of hydrogen-bond acceptors (Lipinski definition) is 3. The summed E-state index contributed by atoms with van der Waals surface area (Å²) in [6, 6.07) is 8.12. The molecule has 3 nitrogen and oxygen atoms in total. The molecule has 0 spiro atoms. The minimum Gasteiger partial charge on any atom is -0.387 e. The molecule has 0 saturated carbocycles. The van der Waals surface area contributed by atoms with Gasteiger partial charge in [-0.25, -0.2) is 8.42 Å². The predicted molar refractivity (Wildman–Crippen MR) is 63.9 cm³/mol. The second-order valence-corrected chi connectivity index (χ2v) is 6.16. The number of benzene rings is 1. The highest BCUT2D eigenvalue weighted by atomic mass is 32.2. The first-order valence-electron chi connectivity index (χ1n) is 4.99. The molecule has 0 radical (unpaired) electrons. The zero-order chi connectivity index (χ0) is 12.3. The lowest BCUT2D eigenvalue weighted by molar-refractivity contribution is 0.209. The van der Waals surface area contributed by atoms with Gasteiger partial charge < -0.3 is 5.11 Å². The van der Waals surface area contributed by atoms with E-state index in [2.05, 4.69) is 6.58 Å². The Morgan fingerprint density at radius 1 is 1.31 bits per heavy atom. The molecule has 0 bridgehead atoms. The Balaban J connectivity index is 3.09. The Morgan fingerprint density at radius 3 is 2.25 bits per heavy atom. The Kier molecular flexibility index (Phi) is 3.88. The van der Waals surface area contributed by atoms with E-state index in [9.17, 15) is 13.5 Å². The molecule has 1 aromatic rings. The Labute approximate surface area is 96.4 Å². The molecule has 1 aromatic carbocycles. The standard InChI is InChI=1S/C12H16O3S/c1-9(2)12(13)10(3)16(14,15)11-7-5-4-6-8-11/h4-8,10,12-13H,1H2,2-3H3. The summed E-state index contributed by atoms with van der Waals surface area (Å²) >= 11 is 0. The molecule has 1 rings (SSSR count). The molecule has 0 amide bonds. The van der Waals surface area contributed by atoms with Crippen molar-refractivity contribution >= 4 is 9.84 Å². The maximum atomic E-state index is 12.1. The molecule has 88 valence electrons. The van der Waals surface area contributed by atoms with Gasteiger partial charge in [0.1, 0.15) is 0 Å². The van der Waals surface area contributed by atoms with Gasteiger partial charge in [0.2, 0.25) is 0 Å². The van der Waals surface area contributed by atoms with Gasteiger partial charge in [0.25, 0.3) is 0 Å². The summed E-state index contributed by atoms with van der Waals surface area (Å²) < 4.78 is 24.2. The van der Waals surface area contributed by atoms with E-state index >= 15 is 0 Å². The molecular weight excluding hydrogens is 224 g/mol. The van der Waals surface area contributed by atoms with Gasteiger partial charge >= 0.3 is 0 Å². The maximum Gasteiger partial charge on any atom is 0.183 e. The molecule has 0 aromatic heterocycles. The monoisotopic (exact) mass is 240 g/mol. The Hall–Kier alpha value is -1.13. The Morgan fingerprint density at radius 2 is 1.81 bits per heavy atom. The third-order valence-electron chi connectivity index (χ3n) is 2.51. The average Bonchev–Trinajstić information content (AvgIpc) is 2.28. The highest BCUT2D eigenvalue weighted by Gasteiger charge is 2.29. The van der Waals surface area contributed by atoms with E-state index in [4.69, 9.17) is 0 Å². The van der Waals surface area contributed by atoms with Crippen LogP contribution in [0.15, 0.2) is 47.4 Å². The van der Waals surface area contributed by atoms with Gasteiger partial charge in [-0.2, -0.15) is 0 Å². The van der Waals surface area contributed by atoms with Crippen molar-refractivity contribution < 1.29 is 13.5 Å². The van der Waals surface area contributed by atoms with Crippen molar-refractivity contribution in [1.82, 2.24) is 0 Å². The quantitative estimate of drug-likeness (QED) is 0.816. The lowest BCUT2D eigenvalue weighted by Gasteiger charge is -2.19. The van der Waals surface area contributed by atoms with Gasteiger partial charge in [-0.1, -0.05) is 30.4 Å². The molecule has 0 aliphatic heterocycles. The van der Waals surface area contributed by atoms with Gasteiger partial charge in [0.15, 0.2) is 9.84 Å². The number of aliphatic hydroxyl groups is 1. The first-order chi connectivity index (χ1) is 7.37. The van der Waals surface area contributed by atoms with Gasteiger partial charge in [0, 0.05) is 0 Å². The second kappa shape index (κ2) is 4.80. The summed E-state index contributed by atoms with van der Waals surface area (Å²) in [5.41, 5.74) is 0.451. The number of hydrogen-bond donors (Lipinski definition) is 1. The van der Waals surface area contributed by atoms with Crippen LogP contribution < -0.4 is 0 Å². The van der Waals surface area contributed by atoms with E-state index in [1.165, 1.54) is 19.1 Å². The molecular formula is C12H16O3S. The van der Waals surface area contributed by atoms with Gasteiger partial charge in [-0.15, -0.1) is 0 Å². The van der Waals surface area contributed by atoms with E-state index < -0.39 is 21.2 Å². The van der Waals surface area contributed by atoms with Crippen molar-refractivity contribution in [2.45, 2.75) is 30.1 Å². The first kappa shape index (κ1) is 12.9. The van der Waals surface area contributed by atoms with Crippen molar-refractivity contribution in [1.29, 1.82) is 0 Å². The van der Waals surface area contributed by atoms with Crippen molar-refractivity contribution in [3.63, 3.8) is 0 Å². The highest BCUT2D eigenvalue weighted by molar-refractivity contribution is 7.92. The van der Waals surface area contributed by atoms with E-state index in [0.717, 1.165) is 0 Å². The summed E-state index contributed by atoms with van der Waals surface area (Å²) in [5.74, 6) is 0. The van der Waals surface area contributed by atoms with Gasteiger partial charge in [-0.3, -0.25) is 0 Å². The fourth-order valence-electron chi connectivity index (χ4n) is 1.40. The second-order valence-electron chi connectivity index (χ2n) is 3.85. The van der Waals surface area contributed by atoms with Crippen molar-refractivity contribution in [3.8, 4) is 0 Å². The van der Waals surface area contributed by atoms with Crippen LogP contribution in [-0.4, -0.2) is 24.9 Å². The van der Waals surface area contributed by atoms with Crippen LogP contribution in [0.4, 0.5) is 0 Å². The zero-order valence-corrected chi connectivity index (χ0v) is 10.2. The lowest BCUT2D eigenvalue weighted by atomic mass is 10.1. The fraction of sp³-hybridized carbons (Fsp3) is 0.333. The molecule has 16 heavy (non-hydrogen) atoms. The molecule has 0 saturated heterocycles. The summed E-state index contributed by atoms with van der Waals surface area (Å²) in [6.45, 7) is 6.67. The number of sulfone groups is 1. The van der Waals surface area contributed by atoms with E-state index in [0.29, 0.717) is 5.57 Å². The molecule has 0 aliphatic rings. The normalized spacial score (nSPS) is 15.4. The molecule has 0 fully saturated rings. The van der Waals surface area contributed by atoms with Crippen LogP contribution in [-0.2, 0) is 9.84 Å². The van der Waals surface area contributed by atoms with E-state index in [1.807, 2.05) is 0 Å². The SMILES string of the molecule is C=C(C)C(O)C(C)S(=O)(=O)c1ccccc1. The molecule has 0 heterocycles. The van der Waals surface area contributed by atoms with Crippen LogP contribution in [0.3, 0.4) is 0 Å². The minimum atomic E-state index is -3.49. The van der Waals surface area contributed by atoms with Crippen LogP contribution in [0.5, 0.6) is 0 Å². The molecule has 2 atom stereocenters. The summed E-state index contributed by atoms with van der Waals surface area (Å²) in [5, 5.41) is 8.83. The van der Waals surface area contributed by atoms with Gasteiger partial charge in [-0.05, 0) is 26.0 Å². The van der Waals surface area contributed by atoms with E-state index in [1.54, 1.807) is 25.1 Å². The van der Waals surface area contributed by atoms with Crippen LogP contribution in [0.2, 0.25) is 0 Å². The van der Waals surface area contributed by atoms with Crippen LogP contribution >= 0.6 is 0 Å². The topological polar surface area (TPSA) is 54.4 Å². The first-order valence-corrected chi connectivity index (χ1v) is 6.54. The average molecular weight is 240 g/mol. The van der Waals surface area contributed by atoms with E-state index in [-0.39, 0.29) is 4.90 Å². The summed E-state index contributed by atoms with van der Waals surface area (Å²) in [7, 11) is -3.49. The Bertz CT molecular complexity index is 462. The highest BCUT2D eigenvalue weighted by Crippen LogP contribution is 2.20. The summed E-state index contributed by atoms with van der Waals surface area (Å²) in [6.07, 6.45) is -1.04. The zero-order valence-electron chi connectivity index (χ0n) is 9.42. The van der Waals surface area contributed by atoms with Crippen LogP contribution in [0.25, 0.3) is 0 Å². The van der Waals surface area contributed by atoms with Crippen molar-refractivity contribution in [2.75, 3.05) is 0 Å². The third kappa shape index (κ3) is 2.51. The van der Waals surface area contributed by atoms with Crippen LogP contribution in [0.1, 0.15) is 13.8 Å². The molecule has 4 heteroatoms. The molecule has 0 aliphatic carbocycles. The lowest BCUT2D eigenvalue weighted by Crippen LogP contribution is -2.32. The maximum absolute atomic E-state index is 12.1. The minimum absolute atomic E-state index is 0.225.